The number of rotatable bonds is 6. The number of likely N-dealkylation sites (tertiary alicyclic amines) is 1. The molecule has 3 aromatic rings. The van der Waals surface area contributed by atoms with Gasteiger partial charge in [-0.05, 0) is 44.0 Å². The van der Waals surface area contributed by atoms with Crippen LogP contribution in [0.1, 0.15) is 39.3 Å². The smallest absolute Gasteiger partial charge is 0.322 e. The average molecular weight is 468 g/mol. The first-order valence-corrected chi connectivity index (χ1v) is 11.3. The number of nitrogens with one attached hydrogen (secondary N) is 2. The fourth-order valence-electron chi connectivity index (χ4n) is 3.65. The van der Waals surface area contributed by atoms with E-state index in [-0.39, 0.29) is 23.0 Å². The zero-order valence-corrected chi connectivity index (χ0v) is 19.4. The molecule has 0 saturated carbocycles. The van der Waals surface area contributed by atoms with Crippen molar-refractivity contribution in [2.75, 3.05) is 31.4 Å². The highest BCUT2D eigenvalue weighted by molar-refractivity contribution is 7.13. The van der Waals surface area contributed by atoms with Crippen molar-refractivity contribution in [1.29, 1.82) is 0 Å². The van der Waals surface area contributed by atoms with Gasteiger partial charge in [0.25, 0.3) is 5.91 Å². The Bertz CT molecular complexity index is 1150. The van der Waals surface area contributed by atoms with E-state index in [1.54, 1.807) is 37.3 Å². The number of carbonyl (C=O) groups excluding carboxylic acids is 2. The molecule has 172 valence electrons. The van der Waals surface area contributed by atoms with E-state index in [1.165, 1.54) is 11.3 Å². The van der Waals surface area contributed by atoms with Gasteiger partial charge in [0.1, 0.15) is 16.5 Å². The second-order valence-electron chi connectivity index (χ2n) is 7.61. The number of urea groups is 1. The topological polar surface area (TPSA) is 106 Å². The van der Waals surface area contributed by atoms with E-state index in [4.69, 9.17) is 9.47 Å². The van der Waals surface area contributed by atoms with Gasteiger partial charge >= 0.3 is 6.03 Å². The van der Waals surface area contributed by atoms with Crippen molar-refractivity contribution < 1.29 is 19.1 Å². The lowest BCUT2D eigenvalue weighted by Crippen LogP contribution is -2.34. The van der Waals surface area contributed by atoms with Crippen LogP contribution >= 0.6 is 11.3 Å². The molecule has 1 fully saturated rings. The summed E-state index contributed by atoms with van der Waals surface area (Å²) in [6.45, 7) is 2.56. The third kappa shape index (κ3) is 5.06. The molecule has 0 aliphatic carbocycles. The number of carbonyl (C=O) groups is 2. The number of ether oxygens (including phenoxy) is 2. The van der Waals surface area contributed by atoms with Crippen LogP contribution < -0.4 is 20.1 Å². The number of aromatic nitrogens is 2. The van der Waals surface area contributed by atoms with E-state index < -0.39 is 0 Å². The minimum absolute atomic E-state index is 0.250. The van der Waals surface area contributed by atoms with Gasteiger partial charge in [0.05, 0.1) is 25.9 Å². The lowest BCUT2D eigenvalue weighted by molar-refractivity contribution is 0.102. The minimum Gasteiger partial charge on any atom is -0.497 e. The largest absolute Gasteiger partial charge is 0.497 e. The van der Waals surface area contributed by atoms with Crippen LogP contribution in [0.2, 0.25) is 0 Å². The van der Waals surface area contributed by atoms with E-state index in [2.05, 4.69) is 20.8 Å². The molecule has 1 aliphatic heterocycles. The summed E-state index contributed by atoms with van der Waals surface area (Å²) < 4.78 is 10.6. The molecule has 10 heteroatoms. The normalized spacial score (nSPS) is 15.2. The van der Waals surface area contributed by atoms with Crippen molar-refractivity contribution in [2.45, 2.75) is 25.8 Å². The molecule has 3 amide bonds. The van der Waals surface area contributed by atoms with Gasteiger partial charge in [0.2, 0.25) is 5.01 Å². The summed E-state index contributed by atoms with van der Waals surface area (Å²) in [5, 5.41) is 14.9. The third-order valence-corrected chi connectivity index (χ3v) is 6.41. The number of hydrogen-bond acceptors (Lipinski definition) is 7. The highest BCUT2D eigenvalue weighted by Gasteiger charge is 2.33. The highest BCUT2D eigenvalue weighted by atomic mass is 32.1. The molecule has 1 saturated heterocycles. The minimum atomic E-state index is -0.322. The molecular formula is C23H25N5O4S. The van der Waals surface area contributed by atoms with Crippen molar-refractivity contribution in [3.05, 3.63) is 58.0 Å². The first-order chi connectivity index (χ1) is 16.0. The Morgan fingerprint density at radius 2 is 1.85 bits per heavy atom. The summed E-state index contributed by atoms with van der Waals surface area (Å²) >= 11 is 1.20. The SMILES string of the molecule is COc1ccc(OC)c(NC(=O)N2CCC[C@@H]2c2nnc(C(=O)Nc3ccc(C)cc3)s2)c1. The van der Waals surface area contributed by atoms with E-state index >= 15 is 0 Å². The van der Waals surface area contributed by atoms with Gasteiger partial charge in [-0.3, -0.25) is 4.79 Å². The lowest BCUT2D eigenvalue weighted by atomic mass is 10.2. The number of amides is 3. The standard InChI is InChI=1S/C23H25N5O4S/c1-14-6-8-15(9-7-14)24-20(29)22-27-26-21(33-22)18-5-4-12-28(18)23(30)25-17-13-16(31-2)10-11-19(17)32-3/h6-11,13,18H,4-5,12H2,1-3H3,(H,24,29)(H,25,30)/t18-/m1/s1. The monoisotopic (exact) mass is 467 g/mol. The predicted octanol–water partition coefficient (Wildman–Crippen LogP) is 4.49. The molecule has 2 heterocycles. The first kappa shape index (κ1) is 22.5. The number of nitrogens with zero attached hydrogens (tertiary/aromatic N) is 3. The number of anilines is 2. The van der Waals surface area contributed by atoms with Crippen LogP contribution in [0.5, 0.6) is 11.5 Å². The molecule has 2 aromatic carbocycles. The van der Waals surface area contributed by atoms with Crippen LogP contribution in [0.3, 0.4) is 0 Å². The zero-order chi connectivity index (χ0) is 23.4. The second kappa shape index (κ2) is 9.86. The summed E-state index contributed by atoms with van der Waals surface area (Å²) in [6.07, 6.45) is 1.58. The van der Waals surface area contributed by atoms with Crippen molar-refractivity contribution >= 4 is 34.6 Å². The zero-order valence-electron chi connectivity index (χ0n) is 18.6. The molecular weight excluding hydrogens is 442 g/mol. The van der Waals surface area contributed by atoms with Gasteiger partial charge < -0.3 is 25.0 Å². The summed E-state index contributed by atoms with van der Waals surface area (Å²) in [7, 11) is 3.10. The maximum absolute atomic E-state index is 13.1. The average Bonchev–Trinajstić information content (AvgIpc) is 3.50. The van der Waals surface area contributed by atoms with Gasteiger partial charge in [-0.1, -0.05) is 29.0 Å². The lowest BCUT2D eigenvalue weighted by Gasteiger charge is -2.23. The summed E-state index contributed by atoms with van der Waals surface area (Å²) in [6, 6.07) is 12.2. The van der Waals surface area contributed by atoms with Crippen molar-refractivity contribution in [3.8, 4) is 11.5 Å². The van der Waals surface area contributed by atoms with Gasteiger partial charge in [-0.15, -0.1) is 10.2 Å². The van der Waals surface area contributed by atoms with Crippen LogP contribution in [0.15, 0.2) is 42.5 Å². The highest BCUT2D eigenvalue weighted by Crippen LogP contribution is 2.35. The fourth-order valence-corrected chi connectivity index (χ4v) is 4.53. The molecule has 1 aliphatic rings. The number of hydrogen-bond donors (Lipinski definition) is 2. The van der Waals surface area contributed by atoms with Crippen LogP contribution in [0.25, 0.3) is 0 Å². The predicted molar refractivity (Wildman–Crippen MR) is 126 cm³/mol. The third-order valence-electron chi connectivity index (χ3n) is 5.39. The fraction of sp³-hybridized carbons (Fsp3) is 0.304. The molecule has 2 N–H and O–H groups in total. The van der Waals surface area contributed by atoms with E-state index in [9.17, 15) is 9.59 Å². The van der Waals surface area contributed by atoms with Crippen LogP contribution in [-0.2, 0) is 0 Å². The molecule has 1 aromatic heterocycles. The van der Waals surface area contributed by atoms with Gasteiger partial charge in [-0.2, -0.15) is 0 Å². The van der Waals surface area contributed by atoms with Gasteiger partial charge in [-0.25, -0.2) is 4.79 Å². The van der Waals surface area contributed by atoms with Crippen LogP contribution in [-0.4, -0.2) is 47.8 Å². The van der Waals surface area contributed by atoms with E-state index in [0.29, 0.717) is 34.4 Å². The maximum Gasteiger partial charge on any atom is 0.322 e. The molecule has 0 bridgehead atoms. The molecule has 0 unspecified atom stereocenters. The molecule has 0 spiro atoms. The molecule has 4 rings (SSSR count). The number of aryl methyl sites for hydroxylation is 1. The molecule has 33 heavy (non-hydrogen) atoms. The Labute approximate surface area is 195 Å². The van der Waals surface area contributed by atoms with Crippen molar-refractivity contribution in [2.24, 2.45) is 0 Å². The Morgan fingerprint density at radius 1 is 1.06 bits per heavy atom. The second-order valence-corrected chi connectivity index (χ2v) is 8.62. The number of methoxy groups -OCH3 is 2. The summed E-state index contributed by atoms with van der Waals surface area (Å²) in [4.78, 5) is 27.4. The van der Waals surface area contributed by atoms with E-state index in [1.807, 2.05) is 31.2 Å². The van der Waals surface area contributed by atoms with Crippen molar-refractivity contribution in [1.82, 2.24) is 15.1 Å². The Kier molecular flexibility index (Phi) is 6.74. The van der Waals surface area contributed by atoms with Gasteiger partial charge in [0.15, 0.2) is 0 Å². The Morgan fingerprint density at radius 3 is 2.58 bits per heavy atom. The molecule has 0 radical (unpaired) electrons. The van der Waals surface area contributed by atoms with Crippen LogP contribution in [0, 0.1) is 6.92 Å². The summed E-state index contributed by atoms with van der Waals surface area (Å²) in [5.41, 5.74) is 2.32. The van der Waals surface area contributed by atoms with Crippen molar-refractivity contribution in [3.63, 3.8) is 0 Å². The quantitative estimate of drug-likeness (QED) is 0.554. The molecule has 9 nitrogen and oxygen atoms in total. The summed E-state index contributed by atoms with van der Waals surface area (Å²) in [5.74, 6) is 0.820. The first-order valence-electron chi connectivity index (χ1n) is 10.5. The van der Waals surface area contributed by atoms with E-state index in [0.717, 1.165) is 18.4 Å². The number of benzene rings is 2. The van der Waals surface area contributed by atoms with Crippen LogP contribution in [0.4, 0.5) is 16.2 Å². The maximum atomic E-state index is 13.1. The Balaban J connectivity index is 1.46. The Hall–Kier alpha value is -3.66. The van der Waals surface area contributed by atoms with Gasteiger partial charge in [0, 0.05) is 18.3 Å². The molecule has 1 atom stereocenters.